The van der Waals surface area contributed by atoms with Gasteiger partial charge in [-0.15, -0.1) is 0 Å². The fourth-order valence-corrected chi connectivity index (χ4v) is 1.59. The molecular formula is C12H21N3O2. The van der Waals surface area contributed by atoms with Gasteiger partial charge in [0, 0.05) is 27.2 Å². The van der Waals surface area contributed by atoms with Gasteiger partial charge in [-0.2, -0.15) is 0 Å². The number of aromatic nitrogens is 2. The second kappa shape index (κ2) is 7.06. The number of ether oxygens (including phenoxy) is 2. The molecule has 5 heteroatoms. The van der Waals surface area contributed by atoms with E-state index in [0.717, 1.165) is 17.8 Å². The minimum atomic E-state index is 0.316. The first-order valence-corrected chi connectivity index (χ1v) is 5.85. The summed E-state index contributed by atoms with van der Waals surface area (Å²) in [5.74, 6) is 1.81. The molecule has 96 valence electrons. The lowest BCUT2D eigenvalue weighted by molar-refractivity contribution is 0.170. The molecule has 1 rings (SSSR count). The van der Waals surface area contributed by atoms with Crippen molar-refractivity contribution in [1.29, 1.82) is 0 Å². The van der Waals surface area contributed by atoms with Crippen LogP contribution in [0.4, 0.5) is 5.82 Å². The molecule has 0 saturated heterocycles. The molecule has 1 heterocycles. The lowest BCUT2D eigenvalue weighted by Gasteiger charge is -2.15. The largest absolute Gasteiger partial charge is 0.477 e. The van der Waals surface area contributed by atoms with Crippen molar-refractivity contribution < 1.29 is 9.47 Å². The lowest BCUT2D eigenvalue weighted by Crippen LogP contribution is -2.09. The maximum atomic E-state index is 5.67. The molecule has 1 aromatic heterocycles. The van der Waals surface area contributed by atoms with Crippen LogP contribution in [0.25, 0.3) is 0 Å². The van der Waals surface area contributed by atoms with Crippen LogP contribution < -0.4 is 10.1 Å². The molecule has 1 aromatic rings. The highest BCUT2D eigenvalue weighted by Crippen LogP contribution is 2.29. The van der Waals surface area contributed by atoms with Crippen molar-refractivity contribution in [3.05, 3.63) is 11.9 Å². The highest BCUT2D eigenvalue weighted by molar-refractivity contribution is 5.50. The lowest BCUT2D eigenvalue weighted by atomic mass is 10.1. The van der Waals surface area contributed by atoms with E-state index < -0.39 is 0 Å². The number of methoxy groups -OCH3 is 1. The summed E-state index contributed by atoms with van der Waals surface area (Å²) < 4.78 is 10.6. The van der Waals surface area contributed by atoms with Crippen LogP contribution in [0.3, 0.4) is 0 Å². The summed E-state index contributed by atoms with van der Waals surface area (Å²) in [6.07, 6.45) is 2.37. The first kappa shape index (κ1) is 13.7. The first-order chi connectivity index (χ1) is 8.20. The quantitative estimate of drug-likeness (QED) is 0.738. The van der Waals surface area contributed by atoms with Crippen molar-refractivity contribution >= 4 is 5.82 Å². The summed E-state index contributed by atoms with van der Waals surface area (Å²) in [6.45, 7) is 5.50. The first-order valence-electron chi connectivity index (χ1n) is 5.85. The van der Waals surface area contributed by atoms with Crippen LogP contribution in [0.2, 0.25) is 0 Å². The highest BCUT2D eigenvalue weighted by atomic mass is 16.5. The maximum Gasteiger partial charge on any atom is 0.222 e. The number of rotatable bonds is 7. The second-order valence-electron chi connectivity index (χ2n) is 4.04. The molecule has 0 atom stereocenters. The van der Waals surface area contributed by atoms with Crippen LogP contribution in [-0.2, 0) is 4.74 Å². The molecule has 0 aliphatic carbocycles. The summed E-state index contributed by atoms with van der Waals surface area (Å²) in [4.78, 5) is 8.39. The van der Waals surface area contributed by atoms with E-state index in [4.69, 9.17) is 9.47 Å². The van der Waals surface area contributed by atoms with E-state index in [2.05, 4.69) is 29.1 Å². The fraction of sp³-hybridized carbons (Fsp3) is 0.667. The Hall–Kier alpha value is -1.36. The number of nitrogens with zero attached hydrogens (tertiary/aromatic N) is 2. The van der Waals surface area contributed by atoms with Gasteiger partial charge < -0.3 is 14.8 Å². The minimum absolute atomic E-state index is 0.316. The molecule has 0 radical (unpaired) electrons. The van der Waals surface area contributed by atoms with Crippen molar-refractivity contribution in [2.75, 3.05) is 32.7 Å². The Morgan fingerprint density at radius 1 is 1.29 bits per heavy atom. The Labute approximate surface area is 103 Å². The molecule has 0 bridgehead atoms. The Bertz CT molecular complexity index is 343. The summed E-state index contributed by atoms with van der Waals surface area (Å²) in [7, 11) is 3.53. The average Bonchev–Trinajstić information content (AvgIpc) is 2.33. The smallest absolute Gasteiger partial charge is 0.222 e. The highest BCUT2D eigenvalue weighted by Gasteiger charge is 2.15. The summed E-state index contributed by atoms with van der Waals surface area (Å²) >= 11 is 0. The topological polar surface area (TPSA) is 56.3 Å². The van der Waals surface area contributed by atoms with Gasteiger partial charge >= 0.3 is 0 Å². The molecule has 0 aliphatic rings. The molecule has 17 heavy (non-hydrogen) atoms. The van der Waals surface area contributed by atoms with Gasteiger partial charge in [0.25, 0.3) is 0 Å². The van der Waals surface area contributed by atoms with Gasteiger partial charge in [0.05, 0.1) is 12.2 Å². The molecule has 0 aromatic carbocycles. The van der Waals surface area contributed by atoms with Crippen molar-refractivity contribution in [2.45, 2.75) is 26.2 Å². The van der Waals surface area contributed by atoms with Crippen molar-refractivity contribution in [1.82, 2.24) is 9.97 Å². The molecular weight excluding hydrogens is 218 g/mol. The van der Waals surface area contributed by atoms with Crippen LogP contribution in [0.15, 0.2) is 6.33 Å². The molecule has 0 unspecified atom stereocenters. The normalized spacial score (nSPS) is 10.6. The number of nitrogens with one attached hydrogen (secondary N) is 1. The van der Waals surface area contributed by atoms with Gasteiger partial charge in [-0.1, -0.05) is 13.8 Å². The maximum absolute atomic E-state index is 5.67. The third-order valence-electron chi connectivity index (χ3n) is 2.39. The molecule has 0 amide bonds. The number of hydrogen-bond acceptors (Lipinski definition) is 5. The second-order valence-corrected chi connectivity index (χ2v) is 4.04. The van der Waals surface area contributed by atoms with Crippen LogP contribution in [-0.4, -0.2) is 37.3 Å². The molecule has 5 nitrogen and oxygen atoms in total. The van der Waals surface area contributed by atoms with E-state index >= 15 is 0 Å². The molecule has 0 aliphatic heterocycles. The minimum Gasteiger partial charge on any atom is -0.477 e. The van der Waals surface area contributed by atoms with Gasteiger partial charge in [0.15, 0.2) is 0 Å². The molecule has 0 saturated carbocycles. The average molecular weight is 239 g/mol. The molecule has 1 N–H and O–H groups in total. The SMILES string of the molecule is CNc1ncnc(OCCCOC)c1C(C)C. The zero-order valence-electron chi connectivity index (χ0n) is 11.0. The summed E-state index contributed by atoms with van der Waals surface area (Å²) in [5.41, 5.74) is 1.02. The Balaban J connectivity index is 2.76. The van der Waals surface area contributed by atoms with Gasteiger partial charge in [-0.3, -0.25) is 0 Å². The van der Waals surface area contributed by atoms with E-state index in [1.54, 1.807) is 7.11 Å². The Kier molecular flexibility index (Phi) is 5.69. The van der Waals surface area contributed by atoms with Crippen LogP contribution in [0.5, 0.6) is 5.88 Å². The van der Waals surface area contributed by atoms with E-state index in [-0.39, 0.29) is 0 Å². The summed E-state index contributed by atoms with van der Waals surface area (Å²) in [5, 5.41) is 3.06. The van der Waals surface area contributed by atoms with E-state index in [0.29, 0.717) is 25.0 Å². The monoisotopic (exact) mass is 239 g/mol. The van der Waals surface area contributed by atoms with E-state index in [1.807, 2.05) is 7.05 Å². The van der Waals surface area contributed by atoms with Gasteiger partial charge in [0.1, 0.15) is 12.1 Å². The van der Waals surface area contributed by atoms with Crippen molar-refractivity contribution in [3.63, 3.8) is 0 Å². The van der Waals surface area contributed by atoms with Gasteiger partial charge in [-0.25, -0.2) is 9.97 Å². The van der Waals surface area contributed by atoms with Crippen LogP contribution >= 0.6 is 0 Å². The Morgan fingerprint density at radius 3 is 2.65 bits per heavy atom. The van der Waals surface area contributed by atoms with Crippen molar-refractivity contribution in [3.8, 4) is 5.88 Å². The Morgan fingerprint density at radius 2 is 2.06 bits per heavy atom. The van der Waals surface area contributed by atoms with E-state index in [1.165, 1.54) is 6.33 Å². The number of hydrogen-bond donors (Lipinski definition) is 1. The standard InChI is InChI=1S/C12H21N3O2/c1-9(2)10-11(13-3)14-8-15-12(10)17-7-5-6-16-4/h8-9H,5-7H2,1-4H3,(H,13,14,15). The molecule has 0 fully saturated rings. The van der Waals surface area contributed by atoms with Gasteiger partial charge in [0.2, 0.25) is 5.88 Å². The van der Waals surface area contributed by atoms with Crippen LogP contribution in [0, 0.1) is 0 Å². The fourth-order valence-electron chi connectivity index (χ4n) is 1.59. The van der Waals surface area contributed by atoms with Crippen LogP contribution in [0.1, 0.15) is 31.7 Å². The predicted molar refractivity (Wildman–Crippen MR) is 67.7 cm³/mol. The zero-order chi connectivity index (χ0) is 12.7. The third kappa shape index (κ3) is 3.85. The number of anilines is 1. The zero-order valence-corrected chi connectivity index (χ0v) is 11.0. The predicted octanol–water partition coefficient (Wildman–Crippen LogP) is 2.06. The third-order valence-corrected chi connectivity index (χ3v) is 2.39. The van der Waals surface area contributed by atoms with E-state index in [9.17, 15) is 0 Å². The van der Waals surface area contributed by atoms with Crippen molar-refractivity contribution in [2.24, 2.45) is 0 Å². The summed E-state index contributed by atoms with van der Waals surface area (Å²) in [6, 6.07) is 0. The molecule has 0 spiro atoms. The van der Waals surface area contributed by atoms with Gasteiger partial charge in [-0.05, 0) is 5.92 Å².